The van der Waals surface area contributed by atoms with Crippen molar-refractivity contribution in [2.45, 2.75) is 20.4 Å². The summed E-state index contributed by atoms with van der Waals surface area (Å²) in [5.74, 6) is -0.0985. The van der Waals surface area contributed by atoms with E-state index in [-0.39, 0.29) is 17.4 Å². The molecular weight excluding hydrogens is 476 g/mol. The van der Waals surface area contributed by atoms with Crippen LogP contribution in [0.2, 0.25) is 0 Å². The Hall–Kier alpha value is -4.87. The van der Waals surface area contributed by atoms with Crippen LogP contribution in [0.5, 0.6) is 12.0 Å². The van der Waals surface area contributed by atoms with E-state index in [2.05, 4.69) is 35.6 Å². The van der Waals surface area contributed by atoms with Gasteiger partial charge in [-0.25, -0.2) is 4.79 Å². The van der Waals surface area contributed by atoms with Crippen molar-refractivity contribution in [3.8, 4) is 34.5 Å². The molecule has 0 amide bonds. The van der Waals surface area contributed by atoms with Crippen molar-refractivity contribution < 1.29 is 19.0 Å². The lowest BCUT2D eigenvalue weighted by Crippen LogP contribution is -2.12. The van der Waals surface area contributed by atoms with Gasteiger partial charge in [0.2, 0.25) is 5.82 Å². The molecule has 5 rings (SSSR count). The lowest BCUT2D eigenvalue weighted by Gasteiger charge is -2.12. The first-order valence-electron chi connectivity index (χ1n) is 11.7. The molecule has 0 spiro atoms. The maximum Gasteiger partial charge on any atom is 0.359 e. The molecule has 0 fully saturated rings. The molecule has 2 aromatic carbocycles. The number of imidazole rings is 1. The lowest BCUT2D eigenvalue weighted by atomic mass is 9.98. The summed E-state index contributed by atoms with van der Waals surface area (Å²) in [6.07, 6.45) is 0. The van der Waals surface area contributed by atoms with Gasteiger partial charge in [-0.15, -0.1) is 10.2 Å². The highest BCUT2D eigenvalue weighted by Crippen LogP contribution is 2.31. The minimum absolute atomic E-state index is 0.0488. The molecule has 3 aromatic heterocycles. The highest BCUT2D eigenvalue weighted by Gasteiger charge is 2.24. The summed E-state index contributed by atoms with van der Waals surface area (Å²) in [6, 6.07) is 16.2. The highest BCUT2D eigenvalue weighted by atomic mass is 16.5. The second kappa shape index (κ2) is 10.4. The zero-order valence-corrected chi connectivity index (χ0v) is 20.5. The monoisotopic (exact) mass is 500 g/mol. The fourth-order valence-corrected chi connectivity index (χ4v) is 3.99. The first-order chi connectivity index (χ1) is 18.1. The number of H-pyrrole nitrogens is 1. The third-order valence-corrected chi connectivity index (χ3v) is 5.59. The van der Waals surface area contributed by atoms with Crippen LogP contribution >= 0.6 is 0 Å². The number of aromatic amines is 1. The van der Waals surface area contributed by atoms with Gasteiger partial charge >= 0.3 is 12.0 Å². The molecule has 0 saturated heterocycles. The molecule has 0 aliphatic rings. The molecule has 0 radical (unpaired) electrons. The molecule has 5 aromatic rings. The summed E-state index contributed by atoms with van der Waals surface area (Å²) < 4.78 is 18.0. The van der Waals surface area contributed by atoms with Gasteiger partial charge < -0.3 is 14.2 Å². The fraction of sp³-hybridized carbons (Fsp3) is 0.240. The molecule has 1 N–H and O–H groups in total. The number of nitrogens with one attached hydrogen (secondary N) is 1. The molecule has 37 heavy (non-hydrogen) atoms. The smallest absolute Gasteiger partial charge is 0.359 e. The van der Waals surface area contributed by atoms with Crippen LogP contribution in [0.1, 0.15) is 29.9 Å². The normalized spacial score (nSPS) is 11.0. The number of methoxy groups -OCH3 is 1. The quantitative estimate of drug-likeness (QED) is 0.299. The molecule has 0 aliphatic carbocycles. The SMILES string of the molecule is CCOc1nc(C(=O)OC)c2c(n1)nc(OCC)n2Cc1ccc(-c2ccccc2-c2nn[nH]n2)cc1. The Morgan fingerprint density at radius 1 is 0.946 bits per heavy atom. The number of rotatable bonds is 9. The highest BCUT2D eigenvalue weighted by molar-refractivity contribution is 5.99. The van der Waals surface area contributed by atoms with Crippen LogP contribution in [0.4, 0.5) is 0 Å². The van der Waals surface area contributed by atoms with Crippen LogP contribution in [0.15, 0.2) is 48.5 Å². The molecule has 0 bridgehead atoms. The minimum Gasteiger partial charge on any atom is -0.465 e. The van der Waals surface area contributed by atoms with Crippen molar-refractivity contribution in [2.24, 2.45) is 0 Å². The van der Waals surface area contributed by atoms with Gasteiger partial charge in [-0.2, -0.15) is 20.2 Å². The Bertz CT molecular complexity index is 1530. The molecule has 0 unspecified atom stereocenters. The van der Waals surface area contributed by atoms with Gasteiger partial charge in [0.05, 0.1) is 26.9 Å². The van der Waals surface area contributed by atoms with Crippen LogP contribution in [-0.2, 0) is 11.3 Å². The van der Waals surface area contributed by atoms with Crippen molar-refractivity contribution >= 4 is 17.1 Å². The molecule has 0 saturated carbocycles. The number of esters is 1. The summed E-state index contributed by atoms with van der Waals surface area (Å²) >= 11 is 0. The van der Waals surface area contributed by atoms with Gasteiger partial charge in [-0.3, -0.25) is 4.57 Å². The number of aromatic nitrogens is 8. The van der Waals surface area contributed by atoms with Crippen molar-refractivity contribution in [2.75, 3.05) is 20.3 Å². The second-order valence-electron chi connectivity index (χ2n) is 7.84. The zero-order valence-electron chi connectivity index (χ0n) is 20.5. The maximum atomic E-state index is 12.6. The zero-order chi connectivity index (χ0) is 25.8. The fourth-order valence-electron chi connectivity index (χ4n) is 3.99. The van der Waals surface area contributed by atoms with Gasteiger partial charge in [0.15, 0.2) is 11.3 Å². The number of benzene rings is 2. The molecule has 3 heterocycles. The van der Waals surface area contributed by atoms with Crippen LogP contribution < -0.4 is 9.47 Å². The molecular formula is C25H24N8O4. The number of carbonyl (C=O) groups is 1. The Morgan fingerprint density at radius 2 is 1.70 bits per heavy atom. The molecule has 0 atom stereocenters. The number of fused-ring (bicyclic) bond motifs is 1. The molecule has 0 aliphatic heterocycles. The van der Waals surface area contributed by atoms with E-state index in [0.717, 1.165) is 22.3 Å². The van der Waals surface area contributed by atoms with Crippen molar-refractivity contribution in [1.29, 1.82) is 0 Å². The van der Waals surface area contributed by atoms with E-state index in [1.54, 1.807) is 11.5 Å². The Morgan fingerprint density at radius 3 is 2.38 bits per heavy atom. The van der Waals surface area contributed by atoms with Gasteiger partial charge in [-0.1, -0.05) is 48.5 Å². The minimum atomic E-state index is -0.619. The topological polar surface area (TPSA) is 143 Å². The van der Waals surface area contributed by atoms with E-state index < -0.39 is 5.97 Å². The molecule has 12 heteroatoms. The van der Waals surface area contributed by atoms with Gasteiger partial charge in [0.1, 0.15) is 5.52 Å². The van der Waals surface area contributed by atoms with E-state index in [0.29, 0.717) is 37.1 Å². The van der Waals surface area contributed by atoms with Crippen LogP contribution in [-0.4, -0.2) is 66.4 Å². The predicted octanol–water partition coefficient (Wildman–Crippen LogP) is 3.31. The number of nitrogens with zero attached hydrogens (tertiary/aromatic N) is 7. The largest absolute Gasteiger partial charge is 0.465 e. The van der Waals surface area contributed by atoms with E-state index >= 15 is 0 Å². The summed E-state index contributed by atoms with van der Waals surface area (Å²) in [4.78, 5) is 25.8. The van der Waals surface area contributed by atoms with Crippen LogP contribution in [0.3, 0.4) is 0 Å². The Balaban J connectivity index is 1.54. The van der Waals surface area contributed by atoms with E-state index in [1.165, 1.54) is 7.11 Å². The van der Waals surface area contributed by atoms with Crippen LogP contribution in [0.25, 0.3) is 33.7 Å². The van der Waals surface area contributed by atoms with E-state index in [4.69, 9.17) is 14.2 Å². The number of tetrazole rings is 1. The maximum absolute atomic E-state index is 12.6. The van der Waals surface area contributed by atoms with E-state index in [1.807, 2.05) is 55.5 Å². The number of hydrogen-bond donors (Lipinski definition) is 1. The second-order valence-corrected chi connectivity index (χ2v) is 7.84. The number of carbonyl (C=O) groups excluding carboxylic acids is 1. The third kappa shape index (κ3) is 4.68. The lowest BCUT2D eigenvalue weighted by molar-refractivity contribution is 0.0594. The van der Waals surface area contributed by atoms with Crippen molar-refractivity contribution in [3.63, 3.8) is 0 Å². The van der Waals surface area contributed by atoms with Crippen molar-refractivity contribution in [3.05, 3.63) is 59.8 Å². The van der Waals surface area contributed by atoms with Gasteiger partial charge in [0, 0.05) is 5.56 Å². The molecule has 188 valence electrons. The summed E-state index contributed by atoms with van der Waals surface area (Å²) in [7, 11) is 1.30. The average molecular weight is 501 g/mol. The summed E-state index contributed by atoms with van der Waals surface area (Å²) in [5, 5.41) is 14.4. The Kier molecular flexibility index (Phi) is 6.70. The number of hydrogen-bond acceptors (Lipinski definition) is 10. The summed E-state index contributed by atoms with van der Waals surface area (Å²) in [6.45, 7) is 4.75. The average Bonchev–Trinajstić information content (AvgIpc) is 3.58. The van der Waals surface area contributed by atoms with Gasteiger partial charge in [-0.05, 0) is 35.8 Å². The Labute approximate surface area is 211 Å². The first kappa shape index (κ1) is 23.9. The number of ether oxygens (including phenoxy) is 3. The standard InChI is InChI=1S/C25H24N8O4/c1-4-36-24-26-19(23(34)35-3)20-22(27-24)28-25(37-5-2)33(20)14-15-10-12-16(13-11-15)17-8-6-7-9-18(17)21-29-31-32-30-21/h6-13H,4-5,14H2,1-3H3,(H,29,30,31,32). The van der Waals surface area contributed by atoms with Crippen LogP contribution in [0, 0.1) is 0 Å². The van der Waals surface area contributed by atoms with E-state index in [9.17, 15) is 4.79 Å². The third-order valence-electron chi connectivity index (χ3n) is 5.59. The summed E-state index contributed by atoms with van der Waals surface area (Å²) in [5.41, 5.74) is 4.53. The van der Waals surface area contributed by atoms with Crippen molar-refractivity contribution in [1.82, 2.24) is 40.1 Å². The first-order valence-corrected chi connectivity index (χ1v) is 11.7. The molecule has 12 nitrogen and oxygen atoms in total. The van der Waals surface area contributed by atoms with Gasteiger partial charge in [0.25, 0.3) is 6.01 Å². The predicted molar refractivity (Wildman–Crippen MR) is 133 cm³/mol.